The standard InChI is InChI=1S/C21H21ClN2O2S/c1-14-5-3-6-15(11-14)21-18-9-10-20(23-2)19(18)13-24(21)27(25,26)17-8-4-7-16(22)12-17/h3-8,11-13,20,23H,9-10H2,1-2H3. The first-order valence-corrected chi connectivity index (χ1v) is 10.7. The average molecular weight is 401 g/mol. The lowest BCUT2D eigenvalue weighted by Crippen LogP contribution is -2.16. The van der Waals surface area contributed by atoms with E-state index >= 15 is 0 Å². The molecule has 4 nitrogen and oxygen atoms in total. The summed E-state index contributed by atoms with van der Waals surface area (Å²) in [6.07, 6.45) is 3.59. The molecule has 0 amide bonds. The second kappa shape index (κ2) is 6.82. The molecule has 2 aromatic carbocycles. The Kier molecular flexibility index (Phi) is 4.62. The molecular formula is C21H21ClN2O2S. The van der Waals surface area contributed by atoms with Crippen LogP contribution in [0.3, 0.4) is 0 Å². The number of halogens is 1. The van der Waals surface area contributed by atoms with Crippen LogP contribution in [0.1, 0.15) is 29.2 Å². The van der Waals surface area contributed by atoms with E-state index in [1.54, 1.807) is 24.4 Å². The first-order valence-electron chi connectivity index (χ1n) is 8.91. The van der Waals surface area contributed by atoms with Gasteiger partial charge < -0.3 is 5.32 Å². The van der Waals surface area contributed by atoms with Gasteiger partial charge >= 0.3 is 0 Å². The van der Waals surface area contributed by atoms with Crippen molar-refractivity contribution in [3.63, 3.8) is 0 Å². The quantitative estimate of drug-likeness (QED) is 0.698. The SMILES string of the molecule is CNC1CCc2c1cn(S(=O)(=O)c1cccc(Cl)c1)c2-c1cccc(C)c1. The van der Waals surface area contributed by atoms with E-state index in [1.165, 1.54) is 10.0 Å². The summed E-state index contributed by atoms with van der Waals surface area (Å²) in [5.41, 5.74) is 4.92. The smallest absolute Gasteiger partial charge is 0.268 e. The van der Waals surface area contributed by atoms with Gasteiger partial charge in [-0.05, 0) is 67.8 Å². The molecule has 27 heavy (non-hydrogen) atoms. The number of aryl methyl sites for hydroxylation is 1. The number of nitrogens with zero attached hydrogens (tertiary/aromatic N) is 1. The van der Waals surface area contributed by atoms with E-state index in [0.717, 1.165) is 40.8 Å². The zero-order valence-corrected chi connectivity index (χ0v) is 16.8. The van der Waals surface area contributed by atoms with Crippen LogP contribution in [-0.4, -0.2) is 19.4 Å². The van der Waals surface area contributed by atoms with Crippen molar-refractivity contribution in [2.24, 2.45) is 0 Å². The van der Waals surface area contributed by atoms with Gasteiger partial charge in [-0.25, -0.2) is 12.4 Å². The second-order valence-electron chi connectivity index (χ2n) is 6.92. The highest BCUT2D eigenvalue weighted by atomic mass is 35.5. The number of aromatic nitrogens is 1. The number of fused-ring (bicyclic) bond motifs is 1. The van der Waals surface area contributed by atoms with E-state index < -0.39 is 10.0 Å². The summed E-state index contributed by atoms with van der Waals surface area (Å²) in [6, 6.07) is 14.6. The molecule has 140 valence electrons. The first-order chi connectivity index (χ1) is 12.9. The first kappa shape index (κ1) is 18.3. The molecule has 4 rings (SSSR count). The molecule has 0 spiro atoms. The molecular weight excluding hydrogens is 380 g/mol. The van der Waals surface area contributed by atoms with Gasteiger partial charge in [0, 0.05) is 17.3 Å². The Morgan fingerprint density at radius 1 is 1.15 bits per heavy atom. The van der Waals surface area contributed by atoms with Gasteiger partial charge in [-0.15, -0.1) is 0 Å². The van der Waals surface area contributed by atoms with Crippen molar-refractivity contribution >= 4 is 21.6 Å². The summed E-state index contributed by atoms with van der Waals surface area (Å²) in [7, 11) is -1.85. The minimum Gasteiger partial charge on any atom is -0.313 e. The molecule has 0 fully saturated rings. The van der Waals surface area contributed by atoms with Gasteiger partial charge in [0.2, 0.25) is 0 Å². The zero-order valence-electron chi connectivity index (χ0n) is 15.2. The van der Waals surface area contributed by atoms with Crippen LogP contribution in [0.2, 0.25) is 5.02 Å². The normalized spacial score (nSPS) is 16.5. The molecule has 0 bridgehead atoms. The summed E-state index contributed by atoms with van der Waals surface area (Å²) in [4.78, 5) is 0.193. The molecule has 1 aliphatic rings. The fourth-order valence-corrected chi connectivity index (χ4v) is 5.59. The van der Waals surface area contributed by atoms with Crippen LogP contribution in [0.15, 0.2) is 59.6 Å². The molecule has 1 aliphatic carbocycles. The second-order valence-corrected chi connectivity index (χ2v) is 9.17. The highest BCUT2D eigenvalue weighted by Gasteiger charge is 2.32. The Morgan fingerprint density at radius 2 is 1.93 bits per heavy atom. The molecule has 3 aromatic rings. The molecule has 1 unspecified atom stereocenters. The Balaban J connectivity index is 1.98. The molecule has 1 aromatic heterocycles. The predicted molar refractivity (Wildman–Crippen MR) is 109 cm³/mol. The lowest BCUT2D eigenvalue weighted by atomic mass is 10.0. The van der Waals surface area contributed by atoms with Crippen LogP contribution < -0.4 is 5.32 Å². The summed E-state index contributed by atoms with van der Waals surface area (Å²) < 4.78 is 28.3. The van der Waals surface area contributed by atoms with Crippen molar-refractivity contribution in [2.45, 2.75) is 30.7 Å². The van der Waals surface area contributed by atoms with Gasteiger partial charge in [-0.3, -0.25) is 0 Å². The minimum absolute atomic E-state index is 0.166. The van der Waals surface area contributed by atoms with E-state index in [2.05, 4.69) is 5.32 Å². The Labute approximate surface area is 164 Å². The molecule has 0 radical (unpaired) electrons. The molecule has 1 N–H and O–H groups in total. The van der Waals surface area contributed by atoms with Crippen LogP contribution in [0.5, 0.6) is 0 Å². The van der Waals surface area contributed by atoms with Crippen LogP contribution in [0.4, 0.5) is 0 Å². The summed E-state index contributed by atoms with van der Waals surface area (Å²) in [5.74, 6) is 0. The van der Waals surface area contributed by atoms with Crippen molar-refractivity contribution in [3.8, 4) is 11.3 Å². The van der Waals surface area contributed by atoms with Gasteiger partial charge in [-0.2, -0.15) is 0 Å². The molecule has 0 saturated carbocycles. The average Bonchev–Trinajstić information content (AvgIpc) is 3.20. The van der Waals surface area contributed by atoms with Crippen LogP contribution >= 0.6 is 11.6 Å². The maximum atomic E-state index is 13.4. The van der Waals surface area contributed by atoms with E-state index in [9.17, 15) is 8.42 Å². The van der Waals surface area contributed by atoms with Gasteiger partial charge in [0.1, 0.15) is 0 Å². The monoisotopic (exact) mass is 400 g/mol. The number of hydrogen-bond donors (Lipinski definition) is 1. The molecule has 0 saturated heterocycles. The van der Waals surface area contributed by atoms with Crippen molar-refractivity contribution in [1.82, 2.24) is 9.29 Å². The third-order valence-electron chi connectivity index (χ3n) is 5.16. The topological polar surface area (TPSA) is 51.1 Å². The third-order valence-corrected chi connectivity index (χ3v) is 7.05. The highest BCUT2D eigenvalue weighted by molar-refractivity contribution is 7.90. The van der Waals surface area contributed by atoms with Gasteiger partial charge in [0.25, 0.3) is 10.0 Å². The Morgan fingerprint density at radius 3 is 2.63 bits per heavy atom. The Hall–Kier alpha value is -2.08. The van der Waals surface area contributed by atoms with E-state index in [0.29, 0.717) is 5.02 Å². The molecule has 1 heterocycles. The van der Waals surface area contributed by atoms with Gasteiger partial charge in [-0.1, -0.05) is 41.4 Å². The lowest BCUT2D eigenvalue weighted by Gasteiger charge is -2.14. The van der Waals surface area contributed by atoms with Crippen LogP contribution in [0.25, 0.3) is 11.3 Å². The van der Waals surface area contributed by atoms with E-state index in [1.807, 2.05) is 38.2 Å². The van der Waals surface area contributed by atoms with Crippen molar-refractivity contribution < 1.29 is 8.42 Å². The van der Waals surface area contributed by atoms with Crippen molar-refractivity contribution in [1.29, 1.82) is 0 Å². The maximum absolute atomic E-state index is 13.4. The fraction of sp³-hybridized carbons (Fsp3) is 0.238. The summed E-state index contributed by atoms with van der Waals surface area (Å²) >= 11 is 6.05. The fourth-order valence-electron chi connectivity index (χ4n) is 3.87. The zero-order chi connectivity index (χ0) is 19.2. The van der Waals surface area contributed by atoms with Crippen LogP contribution in [0, 0.1) is 6.92 Å². The third kappa shape index (κ3) is 3.10. The molecule has 0 aliphatic heterocycles. The largest absolute Gasteiger partial charge is 0.313 e. The van der Waals surface area contributed by atoms with E-state index in [4.69, 9.17) is 11.6 Å². The maximum Gasteiger partial charge on any atom is 0.268 e. The lowest BCUT2D eigenvalue weighted by molar-refractivity contribution is 0.579. The summed E-state index contributed by atoms with van der Waals surface area (Å²) in [6.45, 7) is 2.01. The highest BCUT2D eigenvalue weighted by Crippen LogP contribution is 2.41. The Bertz CT molecular complexity index is 1120. The number of hydrogen-bond acceptors (Lipinski definition) is 3. The van der Waals surface area contributed by atoms with Gasteiger partial charge in [0.15, 0.2) is 0 Å². The number of benzene rings is 2. The van der Waals surface area contributed by atoms with Crippen molar-refractivity contribution in [3.05, 3.63) is 76.4 Å². The van der Waals surface area contributed by atoms with Crippen LogP contribution in [-0.2, 0) is 16.4 Å². The number of rotatable bonds is 4. The van der Waals surface area contributed by atoms with Gasteiger partial charge in [0.05, 0.1) is 10.6 Å². The minimum atomic E-state index is -3.76. The predicted octanol–water partition coefficient (Wildman–Crippen LogP) is 4.56. The van der Waals surface area contributed by atoms with Crippen molar-refractivity contribution in [2.75, 3.05) is 7.05 Å². The molecule has 6 heteroatoms. The summed E-state index contributed by atoms with van der Waals surface area (Å²) in [5, 5.41) is 3.70. The number of nitrogens with one attached hydrogen (secondary N) is 1. The molecule has 1 atom stereocenters. The van der Waals surface area contributed by atoms with E-state index in [-0.39, 0.29) is 10.9 Å².